The van der Waals surface area contributed by atoms with Crippen LogP contribution in [0.1, 0.15) is 31.2 Å². The standard InChI is InChI=1S/C15H20N2O3S3/c1-3-15(10-18)7-4-8-17(15)23(19,20)14-6-5-13(22-14)12-9-21-11(2)16-12/h5-6,9,18H,3-4,7-8,10H2,1-2H3. The third-order valence-electron chi connectivity index (χ3n) is 4.48. The van der Waals surface area contributed by atoms with Gasteiger partial charge in [0.05, 0.1) is 27.7 Å². The third kappa shape index (κ3) is 2.87. The van der Waals surface area contributed by atoms with Crippen molar-refractivity contribution < 1.29 is 13.5 Å². The van der Waals surface area contributed by atoms with Crippen molar-refractivity contribution in [2.75, 3.05) is 13.2 Å². The second kappa shape index (κ2) is 6.25. The predicted octanol–water partition coefficient (Wildman–Crippen LogP) is 3.11. The minimum absolute atomic E-state index is 0.133. The molecule has 23 heavy (non-hydrogen) atoms. The van der Waals surface area contributed by atoms with Gasteiger partial charge in [-0.2, -0.15) is 4.31 Å². The average molecular weight is 373 g/mol. The van der Waals surface area contributed by atoms with E-state index in [1.54, 1.807) is 17.4 Å². The molecular weight excluding hydrogens is 352 g/mol. The first-order valence-electron chi connectivity index (χ1n) is 7.59. The molecule has 0 aliphatic carbocycles. The van der Waals surface area contributed by atoms with Crippen LogP contribution in [0, 0.1) is 6.92 Å². The molecule has 1 atom stereocenters. The van der Waals surface area contributed by atoms with Crippen molar-refractivity contribution in [2.45, 2.75) is 42.9 Å². The molecule has 2 aromatic heterocycles. The fourth-order valence-corrected chi connectivity index (χ4v) is 7.05. The van der Waals surface area contributed by atoms with Crippen LogP contribution in [0.15, 0.2) is 21.7 Å². The number of aliphatic hydroxyl groups excluding tert-OH is 1. The Hall–Kier alpha value is -0.800. The van der Waals surface area contributed by atoms with Gasteiger partial charge in [0.1, 0.15) is 4.21 Å². The summed E-state index contributed by atoms with van der Waals surface area (Å²) in [6, 6.07) is 3.47. The summed E-state index contributed by atoms with van der Waals surface area (Å²) in [7, 11) is -3.58. The Morgan fingerprint density at radius 2 is 2.22 bits per heavy atom. The van der Waals surface area contributed by atoms with Gasteiger partial charge in [0.25, 0.3) is 10.0 Å². The Balaban J connectivity index is 1.96. The van der Waals surface area contributed by atoms with Gasteiger partial charge >= 0.3 is 0 Å². The number of nitrogens with zero attached hydrogens (tertiary/aromatic N) is 2. The largest absolute Gasteiger partial charge is 0.394 e. The van der Waals surface area contributed by atoms with Gasteiger partial charge in [-0.15, -0.1) is 22.7 Å². The van der Waals surface area contributed by atoms with Gasteiger partial charge in [-0.3, -0.25) is 0 Å². The lowest BCUT2D eigenvalue weighted by Crippen LogP contribution is -2.49. The minimum atomic E-state index is -3.58. The molecule has 3 heterocycles. The van der Waals surface area contributed by atoms with Gasteiger partial charge in [0.2, 0.25) is 0 Å². The number of thiophene rings is 1. The van der Waals surface area contributed by atoms with E-state index in [2.05, 4.69) is 4.98 Å². The second-order valence-electron chi connectivity index (χ2n) is 5.79. The zero-order valence-electron chi connectivity index (χ0n) is 13.2. The molecule has 1 aliphatic rings. The quantitative estimate of drug-likeness (QED) is 0.875. The fourth-order valence-electron chi connectivity index (χ4n) is 3.09. The van der Waals surface area contributed by atoms with E-state index in [0.717, 1.165) is 22.0 Å². The van der Waals surface area contributed by atoms with Crippen LogP contribution >= 0.6 is 22.7 Å². The van der Waals surface area contributed by atoms with Crippen molar-refractivity contribution in [1.29, 1.82) is 0 Å². The molecule has 5 nitrogen and oxygen atoms in total. The highest BCUT2D eigenvalue weighted by molar-refractivity contribution is 7.91. The van der Waals surface area contributed by atoms with Crippen LogP contribution in [0.4, 0.5) is 0 Å². The number of thiazole rings is 1. The van der Waals surface area contributed by atoms with E-state index < -0.39 is 15.6 Å². The van der Waals surface area contributed by atoms with Crippen LogP contribution in [0.25, 0.3) is 10.6 Å². The molecule has 1 fully saturated rings. The molecule has 1 saturated heterocycles. The van der Waals surface area contributed by atoms with Gasteiger partial charge in [0.15, 0.2) is 0 Å². The highest BCUT2D eigenvalue weighted by atomic mass is 32.2. The maximum Gasteiger partial charge on any atom is 0.253 e. The number of hydrogen-bond donors (Lipinski definition) is 1. The fraction of sp³-hybridized carbons (Fsp3) is 0.533. The molecule has 1 unspecified atom stereocenters. The van der Waals surface area contributed by atoms with Crippen LogP contribution in [0.5, 0.6) is 0 Å². The normalized spacial score (nSPS) is 22.7. The van der Waals surface area contributed by atoms with Gasteiger partial charge < -0.3 is 5.11 Å². The van der Waals surface area contributed by atoms with Crippen molar-refractivity contribution in [3.05, 3.63) is 22.5 Å². The summed E-state index contributed by atoms with van der Waals surface area (Å²) in [4.78, 5) is 5.27. The molecule has 3 rings (SSSR count). The van der Waals surface area contributed by atoms with E-state index in [1.165, 1.54) is 15.6 Å². The van der Waals surface area contributed by atoms with Crippen LogP contribution in [0.3, 0.4) is 0 Å². The molecular formula is C15H20N2O3S3. The van der Waals surface area contributed by atoms with Crippen molar-refractivity contribution in [3.63, 3.8) is 0 Å². The average Bonchev–Trinajstić information content (AvgIpc) is 3.26. The van der Waals surface area contributed by atoms with Crippen molar-refractivity contribution >= 4 is 32.7 Å². The van der Waals surface area contributed by atoms with Gasteiger partial charge in [-0.05, 0) is 38.3 Å². The van der Waals surface area contributed by atoms with Crippen molar-refractivity contribution in [3.8, 4) is 10.6 Å². The summed E-state index contributed by atoms with van der Waals surface area (Å²) in [5, 5.41) is 12.7. The monoisotopic (exact) mass is 372 g/mol. The molecule has 1 N–H and O–H groups in total. The van der Waals surface area contributed by atoms with E-state index in [0.29, 0.717) is 23.6 Å². The zero-order valence-corrected chi connectivity index (χ0v) is 15.6. The summed E-state index contributed by atoms with van der Waals surface area (Å²) in [5.41, 5.74) is 0.171. The molecule has 0 bridgehead atoms. The summed E-state index contributed by atoms with van der Waals surface area (Å²) < 4.78 is 27.9. The Morgan fingerprint density at radius 1 is 1.43 bits per heavy atom. The van der Waals surface area contributed by atoms with Crippen LogP contribution in [-0.2, 0) is 10.0 Å². The van der Waals surface area contributed by atoms with Gasteiger partial charge in [-0.25, -0.2) is 13.4 Å². The molecule has 126 valence electrons. The molecule has 0 spiro atoms. The van der Waals surface area contributed by atoms with Crippen LogP contribution in [-0.4, -0.2) is 41.5 Å². The smallest absolute Gasteiger partial charge is 0.253 e. The first-order valence-corrected chi connectivity index (χ1v) is 10.7. The van der Waals surface area contributed by atoms with E-state index in [4.69, 9.17) is 0 Å². The number of hydrogen-bond acceptors (Lipinski definition) is 6. The lowest BCUT2D eigenvalue weighted by molar-refractivity contribution is 0.117. The van der Waals surface area contributed by atoms with Crippen LogP contribution in [0.2, 0.25) is 0 Å². The first-order chi connectivity index (χ1) is 10.9. The highest BCUT2D eigenvalue weighted by Crippen LogP contribution is 2.40. The topological polar surface area (TPSA) is 70.5 Å². The van der Waals surface area contributed by atoms with E-state index in [-0.39, 0.29) is 6.61 Å². The van der Waals surface area contributed by atoms with E-state index in [1.807, 2.05) is 25.3 Å². The number of rotatable bonds is 5. The molecule has 0 amide bonds. The molecule has 2 aromatic rings. The van der Waals surface area contributed by atoms with E-state index >= 15 is 0 Å². The van der Waals surface area contributed by atoms with Gasteiger partial charge in [0, 0.05) is 11.9 Å². The predicted molar refractivity (Wildman–Crippen MR) is 93.4 cm³/mol. The Bertz CT molecular complexity index is 791. The molecule has 0 radical (unpaired) electrons. The van der Waals surface area contributed by atoms with Gasteiger partial charge in [-0.1, -0.05) is 6.92 Å². The highest BCUT2D eigenvalue weighted by Gasteiger charge is 2.46. The Labute approximate surface area is 144 Å². The first kappa shape index (κ1) is 17.0. The third-order valence-corrected chi connectivity index (χ3v) is 8.83. The second-order valence-corrected chi connectivity index (χ2v) is 10.0. The lowest BCUT2D eigenvalue weighted by Gasteiger charge is -2.34. The van der Waals surface area contributed by atoms with Crippen LogP contribution < -0.4 is 0 Å². The maximum atomic E-state index is 13.0. The number of aromatic nitrogens is 1. The molecule has 0 aromatic carbocycles. The summed E-state index contributed by atoms with van der Waals surface area (Å²) in [6.07, 6.45) is 2.12. The molecule has 0 saturated carbocycles. The van der Waals surface area contributed by atoms with Crippen molar-refractivity contribution in [2.24, 2.45) is 0 Å². The van der Waals surface area contributed by atoms with Crippen molar-refractivity contribution in [1.82, 2.24) is 9.29 Å². The summed E-state index contributed by atoms with van der Waals surface area (Å²) in [5.74, 6) is 0. The zero-order chi connectivity index (χ0) is 16.7. The number of aryl methyl sites for hydroxylation is 1. The number of aliphatic hydroxyl groups is 1. The Morgan fingerprint density at radius 3 is 2.83 bits per heavy atom. The molecule has 8 heteroatoms. The molecule has 1 aliphatic heterocycles. The lowest BCUT2D eigenvalue weighted by atomic mass is 9.96. The maximum absolute atomic E-state index is 13.0. The SMILES string of the molecule is CCC1(CO)CCCN1S(=O)(=O)c1ccc(-c2csc(C)n2)s1. The van der Waals surface area contributed by atoms with E-state index in [9.17, 15) is 13.5 Å². The number of sulfonamides is 1. The summed E-state index contributed by atoms with van der Waals surface area (Å²) in [6.45, 7) is 4.20. The summed E-state index contributed by atoms with van der Waals surface area (Å²) >= 11 is 2.80. The Kier molecular flexibility index (Phi) is 4.63. The minimum Gasteiger partial charge on any atom is -0.394 e.